The molecule has 0 heterocycles. The normalized spacial score (nSPS) is 13.0. The summed E-state index contributed by atoms with van der Waals surface area (Å²) in [6.45, 7) is 2.65. The van der Waals surface area contributed by atoms with E-state index in [0.29, 0.717) is 13.0 Å². The molecule has 19 heavy (non-hydrogen) atoms. The van der Waals surface area contributed by atoms with Crippen LogP contribution in [-0.4, -0.2) is 11.6 Å². The largest absolute Gasteiger partial charge is 0.446 e. The summed E-state index contributed by atoms with van der Waals surface area (Å²) in [5, 5.41) is 3.28. The highest BCUT2D eigenvalue weighted by Gasteiger charge is 2.28. The van der Waals surface area contributed by atoms with Crippen LogP contribution in [0.2, 0.25) is 0 Å². The molecule has 0 aliphatic heterocycles. The first-order chi connectivity index (χ1) is 8.94. The smallest absolute Gasteiger partial charge is 0.309 e. The van der Waals surface area contributed by atoms with Crippen molar-refractivity contribution >= 4 is 11.8 Å². The second kappa shape index (κ2) is 7.46. The van der Waals surface area contributed by atoms with Gasteiger partial charge in [0.25, 0.3) is 0 Å². The number of thioether (sulfide) groups is 1. The molecule has 5 heteroatoms. The second-order valence-corrected chi connectivity index (χ2v) is 5.22. The van der Waals surface area contributed by atoms with Gasteiger partial charge in [0.2, 0.25) is 0 Å². The fraction of sp³-hybridized carbons (Fsp3) is 0.429. The van der Waals surface area contributed by atoms with Crippen LogP contribution >= 0.6 is 11.8 Å². The number of benzene rings is 1. The Labute approximate surface area is 116 Å². The van der Waals surface area contributed by atoms with E-state index in [2.05, 4.69) is 11.2 Å². The number of hydrogen-bond donors (Lipinski definition) is 1. The van der Waals surface area contributed by atoms with Crippen LogP contribution < -0.4 is 5.32 Å². The minimum absolute atomic E-state index is 0.100. The summed E-state index contributed by atoms with van der Waals surface area (Å²) in [6, 6.07) is 6.61. The Hall–Kier alpha value is -1.12. The van der Waals surface area contributed by atoms with E-state index in [9.17, 15) is 13.2 Å². The van der Waals surface area contributed by atoms with Gasteiger partial charge in [0, 0.05) is 23.9 Å². The van der Waals surface area contributed by atoms with Crippen molar-refractivity contribution in [3.05, 3.63) is 29.8 Å². The van der Waals surface area contributed by atoms with Gasteiger partial charge in [-0.15, -0.1) is 12.3 Å². The van der Waals surface area contributed by atoms with Crippen molar-refractivity contribution in [3.8, 4) is 12.3 Å². The summed E-state index contributed by atoms with van der Waals surface area (Å²) < 4.78 is 36.5. The Morgan fingerprint density at radius 3 is 2.42 bits per heavy atom. The molecule has 0 amide bonds. The minimum atomic E-state index is -4.24. The fourth-order valence-corrected chi connectivity index (χ4v) is 2.11. The lowest BCUT2D eigenvalue weighted by Crippen LogP contribution is -2.27. The lowest BCUT2D eigenvalue weighted by molar-refractivity contribution is -0.0328. The third-order valence-electron chi connectivity index (χ3n) is 2.61. The molecule has 1 N–H and O–H groups in total. The second-order valence-electron chi connectivity index (χ2n) is 4.09. The standard InChI is InChI=1S/C14H16F3NS/c1-3-5-12(4-2)18-10-11-6-8-13(9-7-11)19-14(15,16)17/h1,6-9,12,18H,4-5,10H2,2H3. The Balaban J connectivity index is 2.51. The Morgan fingerprint density at radius 2 is 1.95 bits per heavy atom. The number of alkyl halides is 3. The van der Waals surface area contributed by atoms with Gasteiger partial charge in [0.1, 0.15) is 0 Å². The van der Waals surface area contributed by atoms with E-state index in [1.165, 1.54) is 12.1 Å². The first-order valence-electron chi connectivity index (χ1n) is 5.96. The number of rotatable bonds is 6. The van der Waals surface area contributed by atoms with Gasteiger partial charge in [-0.3, -0.25) is 0 Å². The zero-order valence-corrected chi connectivity index (χ0v) is 11.4. The van der Waals surface area contributed by atoms with Crippen molar-refractivity contribution in [2.45, 2.75) is 42.8 Å². The summed E-state index contributed by atoms with van der Waals surface area (Å²) in [5.41, 5.74) is -3.29. The third-order valence-corrected chi connectivity index (χ3v) is 3.35. The molecule has 0 aliphatic rings. The molecular weight excluding hydrogens is 271 g/mol. The van der Waals surface area contributed by atoms with Crippen LogP contribution in [0, 0.1) is 12.3 Å². The zero-order valence-electron chi connectivity index (χ0n) is 10.6. The molecule has 1 atom stereocenters. The maximum Gasteiger partial charge on any atom is 0.446 e. The summed E-state index contributed by atoms with van der Waals surface area (Å²) in [6.07, 6.45) is 6.83. The van der Waals surface area contributed by atoms with Crippen LogP contribution in [0.3, 0.4) is 0 Å². The van der Waals surface area contributed by atoms with E-state index in [1.807, 2.05) is 6.92 Å². The lowest BCUT2D eigenvalue weighted by Gasteiger charge is -2.14. The maximum absolute atomic E-state index is 12.2. The average Bonchev–Trinajstić information content (AvgIpc) is 2.34. The SMILES string of the molecule is C#CCC(CC)NCc1ccc(SC(F)(F)F)cc1. The van der Waals surface area contributed by atoms with Gasteiger partial charge in [-0.1, -0.05) is 19.1 Å². The van der Waals surface area contributed by atoms with Gasteiger partial charge < -0.3 is 5.32 Å². The summed E-state index contributed by atoms with van der Waals surface area (Å²) >= 11 is -0.100. The molecule has 0 fully saturated rings. The van der Waals surface area contributed by atoms with Gasteiger partial charge in [-0.25, -0.2) is 0 Å². The molecular formula is C14H16F3NS. The van der Waals surface area contributed by atoms with Crippen molar-refractivity contribution in [2.24, 2.45) is 0 Å². The predicted molar refractivity (Wildman–Crippen MR) is 72.7 cm³/mol. The average molecular weight is 287 g/mol. The van der Waals surface area contributed by atoms with Crippen LogP contribution in [0.25, 0.3) is 0 Å². The van der Waals surface area contributed by atoms with Crippen LogP contribution in [0.4, 0.5) is 13.2 Å². The molecule has 0 radical (unpaired) electrons. The number of terminal acetylenes is 1. The van der Waals surface area contributed by atoms with E-state index in [-0.39, 0.29) is 22.7 Å². The van der Waals surface area contributed by atoms with Crippen molar-refractivity contribution < 1.29 is 13.2 Å². The van der Waals surface area contributed by atoms with Gasteiger partial charge in [0.05, 0.1) is 0 Å². The lowest BCUT2D eigenvalue weighted by atomic mass is 10.1. The molecule has 1 aromatic rings. The highest BCUT2D eigenvalue weighted by atomic mass is 32.2. The Morgan fingerprint density at radius 1 is 1.32 bits per heavy atom. The van der Waals surface area contributed by atoms with Crippen LogP contribution in [-0.2, 0) is 6.54 Å². The van der Waals surface area contributed by atoms with Gasteiger partial charge in [0.15, 0.2) is 0 Å². The van der Waals surface area contributed by atoms with E-state index < -0.39 is 5.51 Å². The number of hydrogen-bond acceptors (Lipinski definition) is 2. The Bertz CT molecular complexity index is 420. The molecule has 0 aliphatic carbocycles. The molecule has 0 aromatic heterocycles. The van der Waals surface area contributed by atoms with Crippen molar-refractivity contribution in [1.29, 1.82) is 0 Å². The summed E-state index contributed by atoms with van der Waals surface area (Å²) in [7, 11) is 0. The number of nitrogens with one attached hydrogen (secondary N) is 1. The maximum atomic E-state index is 12.2. The molecule has 1 nitrogen and oxygen atoms in total. The van der Waals surface area contributed by atoms with Crippen LogP contribution in [0.5, 0.6) is 0 Å². The van der Waals surface area contributed by atoms with Crippen LogP contribution in [0.1, 0.15) is 25.3 Å². The monoisotopic (exact) mass is 287 g/mol. The summed E-state index contributed by atoms with van der Waals surface area (Å²) in [4.78, 5) is 0.201. The van der Waals surface area contributed by atoms with E-state index >= 15 is 0 Å². The molecule has 0 bridgehead atoms. The topological polar surface area (TPSA) is 12.0 Å². The zero-order chi connectivity index (χ0) is 14.3. The Kier molecular flexibility index (Phi) is 6.26. The third kappa shape index (κ3) is 6.55. The van der Waals surface area contributed by atoms with Crippen molar-refractivity contribution in [2.75, 3.05) is 0 Å². The van der Waals surface area contributed by atoms with Crippen molar-refractivity contribution in [3.63, 3.8) is 0 Å². The first kappa shape index (κ1) is 15.9. The van der Waals surface area contributed by atoms with Crippen molar-refractivity contribution in [1.82, 2.24) is 5.32 Å². The highest BCUT2D eigenvalue weighted by molar-refractivity contribution is 8.00. The molecule has 104 valence electrons. The van der Waals surface area contributed by atoms with Gasteiger partial charge in [-0.05, 0) is 35.9 Å². The fourth-order valence-electron chi connectivity index (χ4n) is 1.57. The molecule has 1 unspecified atom stereocenters. The predicted octanol–water partition coefficient (Wildman–Crippen LogP) is 4.19. The summed E-state index contributed by atoms with van der Waals surface area (Å²) in [5.74, 6) is 2.60. The quantitative estimate of drug-likeness (QED) is 0.622. The van der Waals surface area contributed by atoms with E-state index in [0.717, 1.165) is 12.0 Å². The minimum Gasteiger partial charge on any atom is -0.309 e. The first-order valence-corrected chi connectivity index (χ1v) is 6.77. The van der Waals surface area contributed by atoms with Gasteiger partial charge >= 0.3 is 5.51 Å². The molecule has 0 saturated heterocycles. The molecule has 0 spiro atoms. The van der Waals surface area contributed by atoms with Crippen LogP contribution in [0.15, 0.2) is 29.2 Å². The molecule has 0 saturated carbocycles. The van der Waals surface area contributed by atoms with E-state index in [4.69, 9.17) is 6.42 Å². The molecule has 1 rings (SSSR count). The number of halogens is 3. The molecule has 1 aromatic carbocycles. The van der Waals surface area contributed by atoms with E-state index in [1.54, 1.807) is 12.1 Å². The highest BCUT2D eigenvalue weighted by Crippen LogP contribution is 2.36. The van der Waals surface area contributed by atoms with Gasteiger partial charge in [-0.2, -0.15) is 13.2 Å².